The van der Waals surface area contributed by atoms with Crippen molar-refractivity contribution in [3.8, 4) is 17.9 Å². The molecule has 2 heterocycles. The summed E-state index contributed by atoms with van der Waals surface area (Å²) in [6, 6.07) is 14.5. The monoisotopic (exact) mass is 440 g/mol. The summed E-state index contributed by atoms with van der Waals surface area (Å²) < 4.78 is 5.71. The topological polar surface area (TPSA) is 97.9 Å². The fourth-order valence-corrected chi connectivity index (χ4v) is 4.56. The van der Waals surface area contributed by atoms with E-state index in [9.17, 15) is 10.5 Å². The van der Waals surface area contributed by atoms with Crippen molar-refractivity contribution in [2.45, 2.75) is 39.7 Å². The Morgan fingerprint density at radius 3 is 2.58 bits per heavy atom. The summed E-state index contributed by atoms with van der Waals surface area (Å²) in [5.41, 5.74) is 4.51. The lowest BCUT2D eigenvalue weighted by molar-refractivity contribution is 0.410. The minimum absolute atomic E-state index is 0.0484. The molecule has 0 unspecified atom stereocenters. The van der Waals surface area contributed by atoms with Gasteiger partial charge in [0.2, 0.25) is 0 Å². The molecular weight excluding hydrogens is 412 g/mol. The number of fused-ring (bicyclic) bond motifs is 1. The van der Waals surface area contributed by atoms with Crippen LogP contribution in [-0.2, 0) is 0 Å². The van der Waals surface area contributed by atoms with E-state index in [2.05, 4.69) is 40.3 Å². The molecule has 0 bridgehead atoms. The van der Waals surface area contributed by atoms with Crippen LogP contribution >= 0.6 is 0 Å². The van der Waals surface area contributed by atoms with Crippen LogP contribution in [0.25, 0.3) is 10.9 Å². The van der Waals surface area contributed by atoms with Gasteiger partial charge in [-0.15, -0.1) is 0 Å². The molecular formula is C26H28N6O. The van der Waals surface area contributed by atoms with Gasteiger partial charge in [-0.1, -0.05) is 12.1 Å². The van der Waals surface area contributed by atoms with Gasteiger partial charge in [0.05, 0.1) is 42.1 Å². The van der Waals surface area contributed by atoms with Crippen LogP contribution in [0, 0.1) is 42.4 Å². The van der Waals surface area contributed by atoms with Crippen LogP contribution in [0.2, 0.25) is 0 Å². The number of aryl methyl sites for hydroxylation is 1. The number of hydrogen-bond acceptors (Lipinski definition) is 7. The van der Waals surface area contributed by atoms with Crippen molar-refractivity contribution in [3.63, 3.8) is 0 Å². The highest BCUT2D eigenvalue weighted by Crippen LogP contribution is 2.37. The summed E-state index contributed by atoms with van der Waals surface area (Å²) in [5, 5.41) is 23.1. The summed E-state index contributed by atoms with van der Waals surface area (Å²) in [6.07, 6.45) is 1.69. The molecule has 0 spiro atoms. The SMILES string of the molecule is COc1cc2nc(C)nc(N[C@H](C)c3cccc(C#N)c3C)c2cc1N1CCC(C#N)CC1. The predicted octanol–water partition coefficient (Wildman–Crippen LogP) is 5.04. The number of nitrogens with zero attached hydrogens (tertiary/aromatic N) is 5. The predicted molar refractivity (Wildman–Crippen MR) is 129 cm³/mol. The molecule has 7 nitrogen and oxygen atoms in total. The summed E-state index contributed by atoms with van der Waals surface area (Å²) in [5.74, 6) is 2.31. The summed E-state index contributed by atoms with van der Waals surface area (Å²) in [7, 11) is 1.67. The first-order valence-corrected chi connectivity index (χ1v) is 11.2. The maximum absolute atomic E-state index is 9.40. The van der Waals surface area contributed by atoms with Crippen LogP contribution in [0.5, 0.6) is 5.75 Å². The number of anilines is 2. The Kier molecular flexibility index (Phi) is 6.33. The van der Waals surface area contributed by atoms with Crippen LogP contribution < -0.4 is 15.0 Å². The van der Waals surface area contributed by atoms with Gasteiger partial charge in [-0.3, -0.25) is 0 Å². The molecule has 0 radical (unpaired) electrons. The van der Waals surface area contributed by atoms with Crippen molar-refractivity contribution < 1.29 is 4.74 Å². The fourth-order valence-electron chi connectivity index (χ4n) is 4.56. The van der Waals surface area contributed by atoms with Crippen LogP contribution in [0.4, 0.5) is 11.5 Å². The zero-order chi connectivity index (χ0) is 23.5. The summed E-state index contributed by atoms with van der Waals surface area (Å²) in [4.78, 5) is 11.6. The van der Waals surface area contributed by atoms with E-state index in [1.165, 1.54) is 0 Å². The highest BCUT2D eigenvalue weighted by atomic mass is 16.5. The molecule has 0 amide bonds. The number of benzene rings is 2. The Labute approximate surface area is 194 Å². The van der Waals surface area contributed by atoms with Crippen LogP contribution in [0.1, 0.15) is 48.3 Å². The van der Waals surface area contributed by atoms with Gasteiger partial charge >= 0.3 is 0 Å². The number of piperidine rings is 1. The lowest BCUT2D eigenvalue weighted by atomic mass is 9.97. The lowest BCUT2D eigenvalue weighted by Crippen LogP contribution is -2.33. The van der Waals surface area contributed by atoms with Gasteiger partial charge in [-0.05, 0) is 56.9 Å². The molecule has 1 saturated heterocycles. The van der Waals surface area contributed by atoms with Crippen molar-refractivity contribution in [3.05, 3.63) is 52.8 Å². The van der Waals surface area contributed by atoms with E-state index in [1.807, 2.05) is 38.1 Å². The van der Waals surface area contributed by atoms with E-state index >= 15 is 0 Å². The quantitative estimate of drug-likeness (QED) is 0.593. The summed E-state index contributed by atoms with van der Waals surface area (Å²) >= 11 is 0. The fraction of sp³-hybridized carbons (Fsp3) is 0.385. The van der Waals surface area contributed by atoms with E-state index in [-0.39, 0.29) is 12.0 Å². The van der Waals surface area contributed by atoms with E-state index in [0.29, 0.717) is 11.4 Å². The van der Waals surface area contributed by atoms with Gasteiger partial charge in [0, 0.05) is 30.5 Å². The van der Waals surface area contributed by atoms with Gasteiger partial charge in [0.15, 0.2) is 0 Å². The third kappa shape index (κ3) is 4.40. The van der Waals surface area contributed by atoms with Gasteiger partial charge < -0.3 is 15.0 Å². The first kappa shape index (κ1) is 22.4. The van der Waals surface area contributed by atoms with Gasteiger partial charge in [0.1, 0.15) is 17.4 Å². The molecule has 1 aliphatic heterocycles. The molecule has 1 aliphatic rings. The first-order valence-electron chi connectivity index (χ1n) is 11.2. The Balaban J connectivity index is 1.74. The molecule has 1 atom stereocenters. The second-order valence-corrected chi connectivity index (χ2v) is 8.55. The van der Waals surface area contributed by atoms with E-state index < -0.39 is 0 Å². The van der Waals surface area contributed by atoms with Crippen LogP contribution in [-0.4, -0.2) is 30.2 Å². The average Bonchev–Trinajstić information content (AvgIpc) is 2.83. The van der Waals surface area contributed by atoms with Crippen molar-refractivity contribution >= 4 is 22.4 Å². The van der Waals surface area contributed by atoms with Crippen molar-refractivity contribution in [1.82, 2.24) is 9.97 Å². The Morgan fingerprint density at radius 2 is 1.91 bits per heavy atom. The van der Waals surface area contributed by atoms with Gasteiger partial charge in [-0.25, -0.2) is 9.97 Å². The van der Waals surface area contributed by atoms with Crippen molar-refractivity contribution in [1.29, 1.82) is 10.5 Å². The minimum atomic E-state index is -0.0484. The Bertz CT molecular complexity index is 1260. The molecule has 168 valence electrons. The minimum Gasteiger partial charge on any atom is -0.495 e. The number of aromatic nitrogens is 2. The van der Waals surface area contributed by atoms with Gasteiger partial charge in [0.25, 0.3) is 0 Å². The smallest absolute Gasteiger partial charge is 0.144 e. The molecule has 1 fully saturated rings. The number of rotatable bonds is 5. The van der Waals surface area contributed by atoms with E-state index in [1.54, 1.807) is 7.11 Å². The third-order valence-electron chi connectivity index (χ3n) is 6.44. The molecule has 2 aromatic carbocycles. The molecule has 33 heavy (non-hydrogen) atoms. The van der Waals surface area contributed by atoms with Crippen molar-refractivity contribution in [2.75, 3.05) is 30.4 Å². The number of hydrogen-bond donors (Lipinski definition) is 1. The zero-order valence-electron chi connectivity index (χ0n) is 19.5. The number of methoxy groups -OCH3 is 1. The lowest BCUT2D eigenvalue weighted by Gasteiger charge is -2.32. The second-order valence-electron chi connectivity index (χ2n) is 8.55. The second kappa shape index (κ2) is 9.34. The largest absolute Gasteiger partial charge is 0.495 e. The highest BCUT2D eigenvalue weighted by Gasteiger charge is 2.23. The van der Waals surface area contributed by atoms with Crippen molar-refractivity contribution in [2.24, 2.45) is 5.92 Å². The molecule has 7 heteroatoms. The summed E-state index contributed by atoms with van der Waals surface area (Å²) in [6.45, 7) is 7.55. The standard InChI is InChI=1S/C26H28N6O/c1-16-20(15-28)6-5-7-21(16)17(2)29-26-22-12-24(32-10-8-19(14-27)9-11-32)25(33-4)13-23(22)30-18(3)31-26/h5-7,12-13,17,19H,8-11H2,1-4H3,(H,29,30,31)/t17-/m1/s1. The molecule has 4 rings (SSSR count). The molecule has 1 aromatic heterocycles. The number of nitrogens with one attached hydrogen (secondary N) is 1. The maximum atomic E-state index is 9.40. The van der Waals surface area contributed by atoms with Crippen LogP contribution in [0.15, 0.2) is 30.3 Å². The number of ether oxygens (including phenoxy) is 1. The molecule has 0 aliphatic carbocycles. The Hall–Kier alpha value is -3.84. The molecule has 1 N–H and O–H groups in total. The third-order valence-corrected chi connectivity index (χ3v) is 6.44. The average molecular weight is 441 g/mol. The maximum Gasteiger partial charge on any atom is 0.144 e. The normalized spacial score (nSPS) is 15.0. The molecule has 0 saturated carbocycles. The zero-order valence-corrected chi connectivity index (χ0v) is 19.5. The first-order chi connectivity index (χ1) is 15.9. The highest BCUT2D eigenvalue weighted by molar-refractivity contribution is 5.94. The molecule has 3 aromatic rings. The number of nitriles is 2. The van der Waals surface area contributed by atoms with Crippen LogP contribution in [0.3, 0.4) is 0 Å². The Morgan fingerprint density at radius 1 is 1.15 bits per heavy atom. The van der Waals surface area contributed by atoms with E-state index in [0.717, 1.165) is 65.2 Å². The van der Waals surface area contributed by atoms with E-state index in [4.69, 9.17) is 9.72 Å². The van der Waals surface area contributed by atoms with Gasteiger partial charge in [-0.2, -0.15) is 10.5 Å².